The predicted molar refractivity (Wildman–Crippen MR) is 131 cm³/mol. The van der Waals surface area contributed by atoms with Gasteiger partial charge in [-0.25, -0.2) is 17.6 Å². The highest BCUT2D eigenvalue weighted by Crippen LogP contribution is 2.31. The summed E-state index contributed by atoms with van der Waals surface area (Å²) < 4.78 is 44.1. The van der Waals surface area contributed by atoms with Crippen LogP contribution in [0.25, 0.3) is 0 Å². The third kappa shape index (κ3) is 7.17. The van der Waals surface area contributed by atoms with Crippen LogP contribution < -0.4 is 0 Å². The Morgan fingerprint density at radius 2 is 1.82 bits per heavy atom. The number of carbonyl (C=O) groups is 2. The highest BCUT2D eigenvalue weighted by atomic mass is 32.2. The molecule has 1 unspecified atom stereocenters. The van der Waals surface area contributed by atoms with Crippen LogP contribution in [0.4, 0.5) is 9.18 Å². The van der Waals surface area contributed by atoms with Crippen molar-refractivity contribution < 1.29 is 27.1 Å². The molecule has 1 fully saturated rings. The molecule has 2 amide bonds. The van der Waals surface area contributed by atoms with Gasteiger partial charge in [-0.05, 0) is 71.1 Å². The van der Waals surface area contributed by atoms with Crippen molar-refractivity contribution in [2.24, 2.45) is 5.92 Å². The number of piperazine rings is 1. The van der Waals surface area contributed by atoms with E-state index in [-0.39, 0.29) is 24.3 Å². The van der Waals surface area contributed by atoms with Crippen LogP contribution >= 0.6 is 0 Å². The van der Waals surface area contributed by atoms with Crippen LogP contribution in [0.15, 0.2) is 18.2 Å². The maximum absolute atomic E-state index is 14.4. The summed E-state index contributed by atoms with van der Waals surface area (Å²) in [4.78, 5) is 29.5. The molecular formula is C25H39FN2O5S. The van der Waals surface area contributed by atoms with E-state index >= 15 is 0 Å². The Morgan fingerprint density at radius 1 is 1.21 bits per heavy atom. The van der Waals surface area contributed by atoms with Crippen LogP contribution in [0, 0.1) is 18.7 Å². The second-order valence-corrected chi connectivity index (χ2v) is 13.0. The summed E-state index contributed by atoms with van der Waals surface area (Å²) in [6.45, 7) is 13.3. The fourth-order valence-corrected chi connectivity index (χ4v) is 5.12. The van der Waals surface area contributed by atoms with Crippen LogP contribution in [0.2, 0.25) is 0 Å². The van der Waals surface area contributed by atoms with Crippen molar-refractivity contribution in [3.63, 3.8) is 0 Å². The van der Waals surface area contributed by atoms with Crippen molar-refractivity contribution in [3.05, 3.63) is 35.1 Å². The normalized spacial score (nSPS) is 20.0. The van der Waals surface area contributed by atoms with Gasteiger partial charge in [-0.15, -0.1) is 0 Å². The molecule has 0 aliphatic carbocycles. The van der Waals surface area contributed by atoms with Crippen molar-refractivity contribution >= 4 is 21.8 Å². The van der Waals surface area contributed by atoms with Gasteiger partial charge >= 0.3 is 6.09 Å². The molecule has 2 rings (SSSR count). The van der Waals surface area contributed by atoms with E-state index in [4.69, 9.17) is 4.74 Å². The van der Waals surface area contributed by atoms with Gasteiger partial charge in [-0.1, -0.05) is 19.1 Å². The summed E-state index contributed by atoms with van der Waals surface area (Å²) >= 11 is 0. The van der Waals surface area contributed by atoms with E-state index in [9.17, 15) is 22.4 Å². The van der Waals surface area contributed by atoms with Gasteiger partial charge in [0, 0.05) is 31.9 Å². The van der Waals surface area contributed by atoms with Crippen LogP contribution in [0.5, 0.6) is 0 Å². The number of rotatable bonds is 6. The second kappa shape index (κ2) is 10.6. The number of sulfone groups is 1. The van der Waals surface area contributed by atoms with Crippen LogP contribution in [0.3, 0.4) is 0 Å². The summed E-state index contributed by atoms with van der Waals surface area (Å²) in [5.41, 5.74) is 0.395. The van der Waals surface area contributed by atoms with Gasteiger partial charge in [0.05, 0.1) is 11.2 Å². The number of ether oxygens (including phenoxy) is 1. The third-order valence-corrected chi connectivity index (χ3v) is 8.36. The SMILES string of the molecule is Cc1ccc([C@H](C[C@@H](C)C(C)S(C)(=O)=O)C(=O)N2CCN(C(=O)OC(C)(C)C)[C@H](C)C2)cc1F. The molecule has 1 aliphatic heterocycles. The molecule has 0 bridgehead atoms. The number of nitrogens with zero attached hydrogens (tertiary/aromatic N) is 2. The first-order chi connectivity index (χ1) is 15.5. The van der Waals surface area contributed by atoms with Gasteiger partial charge < -0.3 is 14.5 Å². The fourth-order valence-electron chi connectivity index (χ4n) is 4.16. The largest absolute Gasteiger partial charge is 0.444 e. The lowest BCUT2D eigenvalue weighted by atomic mass is 9.86. The highest BCUT2D eigenvalue weighted by molar-refractivity contribution is 7.91. The number of aryl methyl sites for hydroxylation is 1. The van der Waals surface area contributed by atoms with Gasteiger partial charge in [0.15, 0.2) is 0 Å². The molecule has 1 aromatic rings. The van der Waals surface area contributed by atoms with E-state index in [0.29, 0.717) is 30.8 Å². The van der Waals surface area contributed by atoms with E-state index in [0.717, 1.165) is 0 Å². The molecule has 1 heterocycles. The van der Waals surface area contributed by atoms with E-state index in [1.165, 1.54) is 12.3 Å². The quantitative estimate of drug-likeness (QED) is 0.589. The Hall–Kier alpha value is -2.16. The van der Waals surface area contributed by atoms with Crippen LogP contribution in [-0.2, 0) is 19.4 Å². The summed E-state index contributed by atoms with van der Waals surface area (Å²) in [6.07, 6.45) is 1.05. The summed E-state index contributed by atoms with van der Waals surface area (Å²) in [5.74, 6) is -1.59. The second-order valence-electron chi connectivity index (χ2n) is 10.6. The molecule has 0 aromatic heterocycles. The van der Waals surface area contributed by atoms with E-state index in [1.807, 2.05) is 6.92 Å². The topological polar surface area (TPSA) is 84.0 Å². The number of amides is 2. The zero-order chi connectivity index (χ0) is 26.0. The van der Waals surface area contributed by atoms with Crippen molar-refractivity contribution in [1.82, 2.24) is 9.80 Å². The number of benzene rings is 1. The first-order valence-electron chi connectivity index (χ1n) is 11.7. The third-order valence-electron chi connectivity index (χ3n) is 6.55. The fraction of sp³-hybridized carbons (Fsp3) is 0.680. The van der Waals surface area contributed by atoms with Gasteiger partial charge in [0.2, 0.25) is 5.91 Å². The number of carbonyl (C=O) groups excluding carboxylic acids is 2. The Morgan fingerprint density at radius 3 is 2.32 bits per heavy atom. The lowest BCUT2D eigenvalue weighted by Gasteiger charge is -2.41. The summed E-state index contributed by atoms with van der Waals surface area (Å²) in [6, 6.07) is 4.49. The van der Waals surface area contributed by atoms with Gasteiger partial charge in [0.1, 0.15) is 21.3 Å². The molecule has 0 N–H and O–H groups in total. The standard InChI is InChI=1S/C25H39FN2O5S/c1-16-9-10-20(14-22(16)26)21(13-17(2)19(4)34(8,31)32)23(29)27-11-12-28(18(3)15-27)24(30)33-25(5,6)7/h9-10,14,17-19,21H,11-13,15H2,1-8H3/t17-,18-,19?,21+/m1/s1. The molecule has 4 atom stereocenters. The molecule has 1 saturated heterocycles. The summed E-state index contributed by atoms with van der Waals surface area (Å²) in [5, 5.41) is -0.638. The predicted octanol–water partition coefficient (Wildman–Crippen LogP) is 4.14. The zero-order valence-electron chi connectivity index (χ0n) is 21.6. The van der Waals surface area contributed by atoms with Crippen molar-refractivity contribution in [2.45, 2.75) is 77.7 Å². The van der Waals surface area contributed by atoms with Gasteiger partial charge in [0.25, 0.3) is 0 Å². The van der Waals surface area contributed by atoms with Crippen molar-refractivity contribution in [1.29, 1.82) is 0 Å². The highest BCUT2D eigenvalue weighted by Gasteiger charge is 2.37. The summed E-state index contributed by atoms with van der Waals surface area (Å²) in [7, 11) is -3.29. The van der Waals surface area contributed by atoms with Crippen molar-refractivity contribution in [3.8, 4) is 0 Å². The lowest BCUT2D eigenvalue weighted by molar-refractivity contribution is -0.136. The number of hydrogen-bond donors (Lipinski definition) is 0. The van der Waals surface area contributed by atoms with Crippen LogP contribution in [-0.4, -0.2) is 73.0 Å². The minimum Gasteiger partial charge on any atom is -0.444 e. The van der Waals surface area contributed by atoms with E-state index in [1.54, 1.807) is 63.5 Å². The van der Waals surface area contributed by atoms with E-state index in [2.05, 4.69) is 0 Å². The molecule has 9 heteroatoms. The monoisotopic (exact) mass is 498 g/mol. The average Bonchev–Trinajstić information content (AvgIpc) is 2.70. The number of hydrogen-bond acceptors (Lipinski definition) is 5. The molecule has 34 heavy (non-hydrogen) atoms. The molecule has 0 saturated carbocycles. The molecule has 1 aromatic carbocycles. The molecule has 7 nitrogen and oxygen atoms in total. The Labute approximate surface area is 203 Å². The molecule has 0 spiro atoms. The Balaban J connectivity index is 2.26. The maximum Gasteiger partial charge on any atom is 0.410 e. The molecule has 192 valence electrons. The van der Waals surface area contributed by atoms with Crippen LogP contribution in [0.1, 0.15) is 65.0 Å². The first-order valence-corrected chi connectivity index (χ1v) is 13.7. The molecular weight excluding hydrogens is 459 g/mol. The smallest absolute Gasteiger partial charge is 0.410 e. The average molecular weight is 499 g/mol. The Kier molecular flexibility index (Phi) is 8.77. The van der Waals surface area contributed by atoms with E-state index < -0.39 is 38.5 Å². The Bertz CT molecular complexity index is 1010. The minimum atomic E-state index is -3.29. The first kappa shape index (κ1) is 28.1. The minimum absolute atomic E-state index is 0.188. The zero-order valence-corrected chi connectivity index (χ0v) is 22.4. The van der Waals surface area contributed by atoms with Crippen molar-refractivity contribution in [2.75, 3.05) is 25.9 Å². The molecule has 0 radical (unpaired) electrons. The van der Waals surface area contributed by atoms with Gasteiger partial charge in [-0.2, -0.15) is 0 Å². The van der Waals surface area contributed by atoms with Gasteiger partial charge in [-0.3, -0.25) is 4.79 Å². The lowest BCUT2D eigenvalue weighted by Crippen LogP contribution is -2.57. The maximum atomic E-state index is 14.4. The number of halogens is 1. The molecule has 1 aliphatic rings.